The van der Waals surface area contributed by atoms with Gasteiger partial charge in [-0.15, -0.1) is 0 Å². The average Bonchev–Trinajstić information content (AvgIpc) is 2.95. The van der Waals surface area contributed by atoms with Gasteiger partial charge in [0.05, 0.1) is 24.1 Å². The van der Waals surface area contributed by atoms with Gasteiger partial charge in [-0.1, -0.05) is 13.8 Å². The highest BCUT2D eigenvalue weighted by molar-refractivity contribution is 5.88. The number of carbonyl (C=O) groups is 1. The fraction of sp³-hybridized carbons (Fsp3) is 0.467. The summed E-state index contributed by atoms with van der Waals surface area (Å²) in [7, 11) is 0. The summed E-state index contributed by atoms with van der Waals surface area (Å²) in [6, 6.07) is 1.77. The normalized spacial score (nSPS) is 11.1. The lowest BCUT2D eigenvalue weighted by atomic mass is 10.1. The van der Waals surface area contributed by atoms with Crippen LogP contribution in [-0.2, 0) is 11.2 Å². The summed E-state index contributed by atoms with van der Waals surface area (Å²) in [5.41, 5.74) is 1.39. The summed E-state index contributed by atoms with van der Waals surface area (Å²) >= 11 is 0. The van der Waals surface area contributed by atoms with Crippen LogP contribution in [0.1, 0.15) is 42.8 Å². The standard InChI is InChI=1S/C15H19NO4/c1-5-18-15(17)13-12(8-9(2)3)16-14(20-13)11-6-7-19-10(11)4/h6-7,9H,5,8H2,1-4H3. The number of furan rings is 1. The van der Waals surface area contributed by atoms with Crippen molar-refractivity contribution in [2.75, 3.05) is 6.61 Å². The average molecular weight is 277 g/mol. The van der Waals surface area contributed by atoms with Crippen molar-refractivity contribution in [1.82, 2.24) is 4.98 Å². The molecule has 0 amide bonds. The molecule has 0 fully saturated rings. The van der Waals surface area contributed by atoms with Crippen LogP contribution in [0.25, 0.3) is 11.5 Å². The Kier molecular flexibility index (Phi) is 4.27. The number of ether oxygens (including phenoxy) is 1. The molecule has 2 heterocycles. The number of esters is 1. The molecule has 0 aliphatic carbocycles. The van der Waals surface area contributed by atoms with Gasteiger partial charge in [-0.25, -0.2) is 9.78 Å². The van der Waals surface area contributed by atoms with Crippen molar-refractivity contribution in [3.8, 4) is 11.5 Å². The molecule has 2 aromatic heterocycles. The maximum absolute atomic E-state index is 11.9. The Morgan fingerprint density at radius 2 is 2.20 bits per heavy atom. The molecule has 0 spiro atoms. The monoisotopic (exact) mass is 277 g/mol. The van der Waals surface area contributed by atoms with Crippen LogP contribution in [0.3, 0.4) is 0 Å². The number of carbonyl (C=O) groups excluding carboxylic acids is 1. The minimum absolute atomic E-state index is 0.191. The van der Waals surface area contributed by atoms with E-state index in [2.05, 4.69) is 18.8 Å². The molecule has 0 bridgehead atoms. The quantitative estimate of drug-likeness (QED) is 0.781. The summed E-state index contributed by atoms with van der Waals surface area (Å²) in [4.78, 5) is 16.4. The summed E-state index contributed by atoms with van der Waals surface area (Å²) in [5.74, 6) is 1.19. The Bertz CT molecular complexity index is 595. The van der Waals surface area contributed by atoms with Crippen LogP contribution in [0.4, 0.5) is 0 Å². The van der Waals surface area contributed by atoms with Gasteiger partial charge >= 0.3 is 5.97 Å². The number of oxazole rings is 1. The maximum Gasteiger partial charge on any atom is 0.376 e. The van der Waals surface area contributed by atoms with Crippen molar-refractivity contribution in [2.45, 2.75) is 34.1 Å². The van der Waals surface area contributed by atoms with E-state index in [1.165, 1.54) is 0 Å². The van der Waals surface area contributed by atoms with Gasteiger partial charge in [-0.2, -0.15) is 0 Å². The molecule has 0 aliphatic rings. The number of rotatable bonds is 5. The van der Waals surface area contributed by atoms with Crippen LogP contribution in [-0.4, -0.2) is 17.6 Å². The number of aromatic nitrogens is 1. The van der Waals surface area contributed by atoms with E-state index < -0.39 is 5.97 Å². The summed E-state index contributed by atoms with van der Waals surface area (Å²) in [6.45, 7) is 8.02. The van der Waals surface area contributed by atoms with Crippen molar-refractivity contribution < 1.29 is 18.4 Å². The predicted molar refractivity (Wildman–Crippen MR) is 73.4 cm³/mol. The SMILES string of the molecule is CCOC(=O)c1oc(-c2ccoc2C)nc1CC(C)C. The lowest BCUT2D eigenvalue weighted by molar-refractivity contribution is 0.0489. The third-order valence-corrected chi connectivity index (χ3v) is 2.85. The van der Waals surface area contributed by atoms with Crippen LogP contribution in [0.2, 0.25) is 0 Å². The van der Waals surface area contributed by atoms with E-state index in [1.54, 1.807) is 19.3 Å². The molecule has 0 N–H and O–H groups in total. The Morgan fingerprint density at radius 3 is 2.75 bits per heavy atom. The maximum atomic E-state index is 11.9. The highest BCUT2D eigenvalue weighted by Gasteiger charge is 2.23. The van der Waals surface area contributed by atoms with Crippen LogP contribution in [0.5, 0.6) is 0 Å². The number of hydrogen-bond donors (Lipinski definition) is 0. The lowest BCUT2D eigenvalue weighted by Gasteiger charge is -2.02. The van der Waals surface area contributed by atoms with Gasteiger partial charge in [0.1, 0.15) is 5.76 Å². The molecule has 0 aliphatic heterocycles. The van der Waals surface area contributed by atoms with Crippen molar-refractivity contribution >= 4 is 5.97 Å². The second-order valence-corrected chi connectivity index (χ2v) is 5.00. The molecule has 0 saturated carbocycles. The molecule has 0 atom stereocenters. The van der Waals surface area contributed by atoms with Gasteiger partial charge in [0.15, 0.2) is 0 Å². The van der Waals surface area contributed by atoms with Crippen molar-refractivity contribution in [2.24, 2.45) is 5.92 Å². The van der Waals surface area contributed by atoms with Gasteiger partial charge in [0.25, 0.3) is 0 Å². The molecule has 0 radical (unpaired) electrons. The van der Waals surface area contributed by atoms with E-state index in [1.807, 2.05) is 6.92 Å². The Labute approximate surface area is 117 Å². The first-order valence-corrected chi connectivity index (χ1v) is 6.74. The smallest absolute Gasteiger partial charge is 0.376 e. The third kappa shape index (κ3) is 2.92. The lowest BCUT2D eigenvalue weighted by Crippen LogP contribution is -2.08. The molecule has 2 aromatic rings. The van der Waals surface area contributed by atoms with E-state index >= 15 is 0 Å². The molecular weight excluding hydrogens is 258 g/mol. The summed E-state index contributed by atoms with van der Waals surface area (Å²) < 4.78 is 15.9. The predicted octanol–water partition coefficient (Wildman–Crippen LogP) is 3.62. The van der Waals surface area contributed by atoms with Gasteiger partial charge in [-0.3, -0.25) is 0 Å². The highest BCUT2D eigenvalue weighted by Crippen LogP contribution is 2.27. The molecule has 5 nitrogen and oxygen atoms in total. The van der Waals surface area contributed by atoms with E-state index in [0.29, 0.717) is 36.3 Å². The van der Waals surface area contributed by atoms with E-state index in [9.17, 15) is 4.79 Å². The van der Waals surface area contributed by atoms with Gasteiger partial charge in [-0.05, 0) is 32.3 Å². The largest absolute Gasteiger partial charge is 0.469 e. The van der Waals surface area contributed by atoms with E-state index in [-0.39, 0.29) is 5.76 Å². The van der Waals surface area contributed by atoms with Crippen LogP contribution >= 0.6 is 0 Å². The molecule has 0 saturated heterocycles. The second-order valence-electron chi connectivity index (χ2n) is 5.00. The molecular formula is C15H19NO4. The minimum atomic E-state index is -0.469. The molecule has 5 heteroatoms. The summed E-state index contributed by atoms with van der Waals surface area (Å²) in [6.07, 6.45) is 2.23. The van der Waals surface area contributed by atoms with Gasteiger partial charge in [0.2, 0.25) is 11.7 Å². The number of hydrogen-bond acceptors (Lipinski definition) is 5. The molecule has 0 unspecified atom stereocenters. The van der Waals surface area contributed by atoms with Gasteiger partial charge < -0.3 is 13.6 Å². The highest BCUT2D eigenvalue weighted by atomic mass is 16.5. The Balaban J connectivity index is 2.41. The van der Waals surface area contributed by atoms with Gasteiger partial charge in [0, 0.05) is 0 Å². The molecule has 2 rings (SSSR count). The zero-order valence-electron chi connectivity index (χ0n) is 12.2. The minimum Gasteiger partial charge on any atom is -0.469 e. The van der Waals surface area contributed by atoms with Crippen LogP contribution < -0.4 is 0 Å². The fourth-order valence-corrected chi connectivity index (χ4v) is 1.95. The van der Waals surface area contributed by atoms with Crippen molar-refractivity contribution in [3.05, 3.63) is 29.5 Å². The zero-order valence-corrected chi connectivity index (χ0v) is 12.2. The first-order valence-electron chi connectivity index (χ1n) is 6.74. The number of nitrogens with zero attached hydrogens (tertiary/aromatic N) is 1. The topological polar surface area (TPSA) is 65.5 Å². The van der Waals surface area contributed by atoms with E-state index in [4.69, 9.17) is 13.6 Å². The Morgan fingerprint density at radius 1 is 1.45 bits per heavy atom. The third-order valence-electron chi connectivity index (χ3n) is 2.85. The van der Waals surface area contributed by atoms with E-state index in [0.717, 1.165) is 5.56 Å². The zero-order chi connectivity index (χ0) is 14.7. The second kappa shape index (κ2) is 5.94. The first kappa shape index (κ1) is 14.4. The summed E-state index contributed by atoms with van der Waals surface area (Å²) in [5, 5.41) is 0. The molecule has 0 aromatic carbocycles. The fourth-order valence-electron chi connectivity index (χ4n) is 1.95. The van der Waals surface area contributed by atoms with Crippen molar-refractivity contribution in [1.29, 1.82) is 0 Å². The van der Waals surface area contributed by atoms with Crippen molar-refractivity contribution in [3.63, 3.8) is 0 Å². The Hall–Kier alpha value is -2.04. The molecule has 20 heavy (non-hydrogen) atoms. The number of aryl methyl sites for hydroxylation is 1. The first-order chi connectivity index (χ1) is 9.52. The van der Waals surface area contributed by atoms with Crippen LogP contribution in [0, 0.1) is 12.8 Å². The molecule has 108 valence electrons. The van der Waals surface area contributed by atoms with Crippen LogP contribution in [0.15, 0.2) is 21.2 Å².